The first-order valence-electron chi connectivity index (χ1n) is 5.99. The van der Waals surface area contributed by atoms with Crippen LogP contribution in [0.3, 0.4) is 0 Å². The average molecular weight is 220 g/mol. The maximum absolute atomic E-state index is 9.58. The summed E-state index contributed by atoms with van der Waals surface area (Å²) < 4.78 is 0. The predicted molar refractivity (Wildman–Crippen MR) is 67.4 cm³/mol. The van der Waals surface area contributed by atoms with Crippen molar-refractivity contribution < 1.29 is 5.11 Å². The Hall–Kier alpha value is -1.22. The lowest BCUT2D eigenvalue weighted by Crippen LogP contribution is -2.43. The molecule has 0 bridgehead atoms. The molecule has 1 saturated carbocycles. The molecule has 3 heteroatoms. The summed E-state index contributed by atoms with van der Waals surface area (Å²) in [5.41, 5.74) is 7.38. The number of hydrogen-bond acceptors (Lipinski definition) is 3. The number of aliphatic hydroxyl groups excluding tert-OH is 1. The third kappa shape index (κ3) is 2.47. The van der Waals surface area contributed by atoms with Crippen molar-refractivity contribution in [1.29, 1.82) is 0 Å². The topological polar surface area (TPSA) is 58.3 Å². The second-order valence-corrected chi connectivity index (χ2v) is 4.75. The van der Waals surface area contributed by atoms with E-state index >= 15 is 0 Å². The van der Waals surface area contributed by atoms with E-state index in [-0.39, 0.29) is 12.1 Å². The van der Waals surface area contributed by atoms with E-state index in [1.165, 1.54) is 19.3 Å². The highest BCUT2D eigenvalue weighted by atomic mass is 16.3. The normalized spacial score (nSPS) is 19.3. The van der Waals surface area contributed by atoms with Gasteiger partial charge in [-0.05, 0) is 31.0 Å². The molecule has 0 aliphatic heterocycles. The van der Waals surface area contributed by atoms with Gasteiger partial charge < -0.3 is 16.2 Å². The Balaban J connectivity index is 2.11. The fourth-order valence-corrected chi connectivity index (χ4v) is 2.47. The largest absolute Gasteiger partial charge is 0.399 e. The Bertz CT molecular complexity index is 346. The third-order valence-electron chi connectivity index (χ3n) is 3.41. The zero-order valence-electron chi connectivity index (χ0n) is 9.58. The Labute approximate surface area is 96.7 Å². The second kappa shape index (κ2) is 4.74. The molecule has 0 amide bonds. The highest BCUT2D eigenvalue weighted by Crippen LogP contribution is 2.31. The molecule has 1 aromatic rings. The quantitative estimate of drug-likeness (QED) is 0.685. The van der Waals surface area contributed by atoms with Crippen LogP contribution in [0, 0.1) is 0 Å². The number of rotatable bonds is 3. The van der Waals surface area contributed by atoms with Crippen LogP contribution in [-0.4, -0.2) is 17.3 Å². The van der Waals surface area contributed by atoms with E-state index in [4.69, 9.17) is 5.73 Å². The van der Waals surface area contributed by atoms with Gasteiger partial charge in [-0.3, -0.25) is 0 Å². The van der Waals surface area contributed by atoms with Gasteiger partial charge in [0.25, 0.3) is 0 Å². The molecule has 4 N–H and O–H groups in total. The monoisotopic (exact) mass is 220 g/mol. The Morgan fingerprint density at radius 3 is 2.62 bits per heavy atom. The van der Waals surface area contributed by atoms with Crippen LogP contribution in [0.1, 0.15) is 32.1 Å². The molecule has 0 aromatic heterocycles. The summed E-state index contributed by atoms with van der Waals surface area (Å²) in [6.45, 7) is 0.196. The highest BCUT2D eigenvalue weighted by Gasteiger charge is 2.30. The van der Waals surface area contributed by atoms with Crippen molar-refractivity contribution in [1.82, 2.24) is 0 Å². The van der Waals surface area contributed by atoms with Gasteiger partial charge in [0.2, 0.25) is 0 Å². The number of aliphatic hydroxyl groups is 1. The molecule has 0 saturated heterocycles. The van der Waals surface area contributed by atoms with Gasteiger partial charge >= 0.3 is 0 Å². The number of nitrogens with two attached hydrogens (primary N) is 1. The van der Waals surface area contributed by atoms with E-state index in [9.17, 15) is 5.11 Å². The van der Waals surface area contributed by atoms with Gasteiger partial charge in [0.1, 0.15) is 0 Å². The summed E-state index contributed by atoms with van der Waals surface area (Å²) in [5, 5.41) is 13.0. The number of anilines is 2. The highest BCUT2D eigenvalue weighted by molar-refractivity contribution is 5.55. The van der Waals surface area contributed by atoms with Crippen molar-refractivity contribution in [2.75, 3.05) is 17.7 Å². The van der Waals surface area contributed by atoms with Crippen LogP contribution >= 0.6 is 0 Å². The van der Waals surface area contributed by atoms with Crippen LogP contribution in [0.25, 0.3) is 0 Å². The zero-order valence-corrected chi connectivity index (χ0v) is 9.58. The lowest BCUT2D eigenvalue weighted by atomic mass is 9.82. The molecule has 0 atom stereocenters. The number of hydrogen-bond donors (Lipinski definition) is 3. The second-order valence-electron chi connectivity index (χ2n) is 4.75. The summed E-state index contributed by atoms with van der Waals surface area (Å²) in [6.07, 6.45) is 5.74. The van der Waals surface area contributed by atoms with E-state index in [0.29, 0.717) is 0 Å². The zero-order chi connectivity index (χ0) is 11.4. The van der Waals surface area contributed by atoms with E-state index in [1.54, 1.807) is 0 Å². The fourth-order valence-electron chi connectivity index (χ4n) is 2.47. The van der Waals surface area contributed by atoms with Crippen LogP contribution in [0.4, 0.5) is 11.4 Å². The summed E-state index contributed by atoms with van der Waals surface area (Å²) in [4.78, 5) is 0. The Morgan fingerprint density at radius 1 is 1.25 bits per heavy atom. The minimum Gasteiger partial charge on any atom is -0.399 e. The fraction of sp³-hybridized carbons (Fsp3) is 0.538. The van der Waals surface area contributed by atoms with E-state index in [2.05, 4.69) is 5.32 Å². The first-order valence-corrected chi connectivity index (χ1v) is 5.99. The molecule has 16 heavy (non-hydrogen) atoms. The molecule has 88 valence electrons. The van der Waals surface area contributed by atoms with Crippen LogP contribution in [0.15, 0.2) is 24.3 Å². The van der Waals surface area contributed by atoms with E-state index in [0.717, 1.165) is 24.2 Å². The van der Waals surface area contributed by atoms with Crippen molar-refractivity contribution >= 4 is 11.4 Å². The number of benzene rings is 1. The maximum atomic E-state index is 9.58. The first kappa shape index (κ1) is 11.3. The lowest BCUT2D eigenvalue weighted by Gasteiger charge is -2.37. The molecular formula is C13H20N2O. The summed E-state index contributed by atoms with van der Waals surface area (Å²) in [7, 11) is 0. The smallest absolute Gasteiger partial charge is 0.0661 e. The standard InChI is InChI=1S/C13H20N2O/c14-11-5-4-6-12(9-11)15-13(10-16)7-2-1-3-8-13/h4-6,9,15-16H,1-3,7-8,10,14H2. The van der Waals surface area contributed by atoms with Gasteiger partial charge in [-0.2, -0.15) is 0 Å². The minimum atomic E-state index is -0.133. The molecule has 2 rings (SSSR count). The predicted octanol–water partition coefficient (Wildman–Crippen LogP) is 2.38. The van der Waals surface area contributed by atoms with Gasteiger partial charge in [-0.25, -0.2) is 0 Å². The molecule has 0 radical (unpaired) electrons. The van der Waals surface area contributed by atoms with Crippen molar-refractivity contribution in [3.05, 3.63) is 24.3 Å². The Kier molecular flexibility index (Phi) is 3.34. The summed E-state index contributed by atoms with van der Waals surface area (Å²) in [5.74, 6) is 0. The molecule has 0 unspecified atom stereocenters. The van der Waals surface area contributed by atoms with Crippen molar-refractivity contribution in [2.45, 2.75) is 37.6 Å². The average Bonchev–Trinajstić information content (AvgIpc) is 2.30. The Morgan fingerprint density at radius 2 is 2.00 bits per heavy atom. The molecule has 3 nitrogen and oxygen atoms in total. The SMILES string of the molecule is Nc1cccc(NC2(CO)CCCCC2)c1. The van der Waals surface area contributed by atoms with Gasteiger partial charge in [-0.1, -0.05) is 25.3 Å². The van der Waals surface area contributed by atoms with E-state index < -0.39 is 0 Å². The summed E-state index contributed by atoms with van der Waals surface area (Å²) >= 11 is 0. The van der Waals surface area contributed by atoms with Crippen molar-refractivity contribution in [2.24, 2.45) is 0 Å². The molecule has 1 aliphatic rings. The number of nitrogens with one attached hydrogen (secondary N) is 1. The van der Waals surface area contributed by atoms with Crippen LogP contribution in [-0.2, 0) is 0 Å². The molecule has 1 aliphatic carbocycles. The molecule has 1 aromatic carbocycles. The van der Waals surface area contributed by atoms with E-state index in [1.807, 2.05) is 24.3 Å². The van der Waals surface area contributed by atoms with Crippen molar-refractivity contribution in [3.8, 4) is 0 Å². The van der Waals surface area contributed by atoms with Gasteiger partial charge in [0.05, 0.1) is 12.1 Å². The molecule has 0 spiro atoms. The van der Waals surface area contributed by atoms with Gasteiger partial charge in [0.15, 0.2) is 0 Å². The third-order valence-corrected chi connectivity index (χ3v) is 3.41. The van der Waals surface area contributed by atoms with Crippen LogP contribution in [0.5, 0.6) is 0 Å². The van der Waals surface area contributed by atoms with Crippen LogP contribution in [0.2, 0.25) is 0 Å². The lowest BCUT2D eigenvalue weighted by molar-refractivity contribution is 0.173. The molecular weight excluding hydrogens is 200 g/mol. The molecule has 1 fully saturated rings. The molecule has 0 heterocycles. The minimum absolute atomic E-state index is 0.133. The summed E-state index contributed by atoms with van der Waals surface area (Å²) in [6, 6.07) is 7.73. The number of nitrogen functional groups attached to an aromatic ring is 1. The maximum Gasteiger partial charge on any atom is 0.0661 e. The van der Waals surface area contributed by atoms with Gasteiger partial charge in [-0.15, -0.1) is 0 Å². The first-order chi connectivity index (χ1) is 7.74. The van der Waals surface area contributed by atoms with Gasteiger partial charge in [0, 0.05) is 11.4 Å². The van der Waals surface area contributed by atoms with Crippen LogP contribution < -0.4 is 11.1 Å². The van der Waals surface area contributed by atoms with Crippen molar-refractivity contribution in [3.63, 3.8) is 0 Å².